The zero-order chi connectivity index (χ0) is 23.7. The average molecular weight is 479 g/mol. The largest absolute Gasteiger partial charge is 0.354 e. The van der Waals surface area contributed by atoms with Crippen LogP contribution >= 0.6 is 23.4 Å². The summed E-state index contributed by atoms with van der Waals surface area (Å²) in [5, 5.41) is 3.31. The van der Waals surface area contributed by atoms with Gasteiger partial charge in [-0.2, -0.15) is 0 Å². The summed E-state index contributed by atoms with van der Waals surface area (Å²) in [6, 6.07) is 11.8. The fourth-order valence-electron chi connectivity index (χ4n) is 3.31. The van der Waals surface area contributed by atoms with Crippen molar-refractivity contribution in [3.8, 4) is 0 Å². The van der Waals surface area contributed by atoms with Crippen molar-refractivity contribution in [3.63, 3.8) is 0 Å². The van der Waals surface area contributed by atoms with Gasteiger partial charge < -0.3 is 10.2 Å². The van der Waals surface area contributed by atoms with Crippen LogP contribution in [0.25, 0.3) is 0 Å². The average Bonchev–Trinajstić information content (AvgIpc) is 2.75. The standard InChI is InChI=1S/C25H32ClFN2O2S/c1-5-23(25(31)28-13-17(2)3)29(14-19-10-7-6-9-18(19)4)24(30)16-32-15-20-21(26)11-8-12-22(20)27/h6-12,17,23H,5,13-16H2,1-4H3,(H,28,31). The SMILES string of the molecule is CCC(C(=O)NCC(C)C)N(Cc1ccccc1C)C(=O)CSCc1c(F)cccc1Cl. The second kappa shape index (κ2) is 12.9. The van der Waals surface area contributed by atoms with Crippen LogP contribution in [0.15, 0.2) is 42.5 Å². The summed E-state index contributed by atoms with van der Waals surface area (Å²) in [5.74, 6) is 0.0466. The van der Waals surface area contributed by atoms with Gasteiger partial charge in [-0.1, -0.05) is 62.7 Å². The molecule has 2 rings (SSSR count). The molecule has 0 aliphatic carbocycles. The Morgan fingerprint density at radius 2 is 1.88 bits per heavy atom. The normalized spacial score (nSPS) is 12.0. The fourth-order valence-corrected chi connectivity index (χ4v) is 4.56. The number of hydrogen-bond donors (Lipinski definition) is 1. The van der Waals surface area contributed by atoms with Crippen LogP contribution in [0.4, 0.5) is 4.39 Å². The van der Waals surface area contributed by atoms with Crippen molar-refractivity contribution >= 4 is 35.2 Å². The molecule has 0 heterocycles. The van der Waals surface area contributed by atoms with Crippen LogP contribution in [0.2, 0.25) is 5.02 Å². The highest BCUT2D eigenvalue weighted by atomic mass is 35.5. The van der Waals surface area contributed by atoms with Crippen molar-refractivity contribution < 1.29 is 14.0 Å². The number of benzene rings is 2. The van der Waals surface area contributed by atoms with Crippen molar-refractivity contribution in [2.45, 2.75) is 52.5 Å². The van der Waals surface area contributed by atoms with Gasteiger partial charge in [0.1, 0.15) is 11.9 Å². The lowest BCUT2D eigenvalue weighted by atomic mass is 10.1. The quantitative estimate of drug-likeness (QED) is 0.457. The highest BCUT2D eigenvalue weighted by molar-refractivity contribution is 7.99. The lowest BCUT2D eigenvalue weighted by molar-refractivity contribution is -0.139. The molecule has 0 spiro atoms. The van der Waals surface area contributed by atoms with E-state index in [0.717, 1.165) is 11.1 Å². The predicted molar refractivity (Wildman–Crippen MR) is 131 cm³/mol. The maximum absolute atomic E-state index is 14.1. The number of nitrogens with zero attached hydrogens (tertiary/aromatic N) is 1. The van der Waals surface area contributed by atoms with Gasteiger partial charge in [-0.05, 0) is 42.5 Å². The third kappa shape index (κ3) is 7.52. The van der Waals surface area contributed by atoms with E-state index >= 15 is 0 Å². The molecular weight excluding hydrogens is 447 g/mol. The van der Waals surface area contributed by atoms with Gasteiger partial charge in [0.15, 0.2) is 0 Å². The molecule has 32 heavy (non-hydrogen) atoms. The summed E-state index contributed by atoms with van der Waals surface area (Å²) in [4.78, 5) is 27.8. The topological polar surface area (TPSA) is 49.4 Å². The molecule has 0 bridgehead atoms. The zero-order valence-corrected chi connectivity index (χ0v) is 20.7. The Balaban J connectivity index is 2.17. The van der Waals surface area contributed by atoms with Gasteiger partial charge in [-0.3, -0.25) is 9.59 Å². The van der Waals surface area contributed by atoms with E-state index in [0.29, 0.717) is 36.0 Å². The number of carbonyl (C=O) groups is 2. The Hall–Kier alpha value is -2.05. The van der Waals surface area contributed by atoms with Crippen molar-refractivity contribution in [1.82, 2.24) is 10.2 Å². The first kappa shape index (κ1) is 26.2. The molecule has 0 aliphatic heterocycles. The smallest absolute Gasteiger partial charge is 0.242 e. The number of rotatable bonds is 11. The van der Waals surface area contributed by atoms with Crippen LogP contribution in [0.1, 0.15) is 43.9 Å². The Kier molecular flexibility index (Phi) is 10.5. The monoisotopic (exact) mass is 478 g/mol. The number of thioether (sulfide) groups is 1. The Bertz CT molecular complexity index is 902. The molecule has 0 saturated carbocycles. The molecule has 0 fully saturated rings. The Morgan fingerprint density at radius 1 is 1.16 bits per heavy atom. The fraction of sp³-hybridized carbons (Fsp3) is 0.440. The molecule has 0 radical (unpaired) electrons. The summed E-state index contributed by atoms with van der Waals surface area (Å²) in [6.45, 7) is 8.86. The van der Waals surface area contributed by atoms with E-state index in [2.05, 4.69) is 5.32 Å². The van der Waals surface area contributed by atoms with Gasteiger partial charge in [0.05, 0.1) is 5.75 Å². The van der Waals surface area contributed by atoms with Crippen LogP contribution in [-0.4, -0.2) is 35.1 Å². The number of halogens is 2. The summed E-state index contributed by atoms with van der Waals surface area (Å²) >= 11 is 7.40. The highest BCUT2D eigenvalue weighted by Gasteiger charge is 2.29. The Morgan fingerprint density at radius 3 is 2.50 bits per heavy atom. The lowest BCUT2D eigenvalue weighted by Crippen LogP contribution is -2.50. The lowest BCUT2D eigenvalue weighted by Gasteiger charge is -2.31. The van der Waals surface area contributed by atoms with Gasteiger partial charge in [0.2, 0.25) is 11.8 Å². The molecule has 0 saturated heterocycles. The van der Waals surface area contributed by atoms with Crippen molar-refractivity contribution in [2.24, 2.45) is 5.92 Å². The third-order valence-electron chi connectivity index (χ3n) is 5.21. The minimum absolute atomic E-state index is 0.129. The van der Waals surface area contributed by atoms with Gasteiger partial charge in [-0.25, -0.2) is 4.39 Å². The number of nitrogens with one attached hydrogen (secondary N) is 1. The molecular formula is C25H32ClFN2O2S. The van der Waals surface area contributed by atoms with Gasteiger partial charge >= 0.3 is 0 Å². The molecule has 1 N–H and O–H groups in total. The van der Waals surface area contributed by atoms with Crippen LogP contribution in [-0.2, 0) is 21.9 Å². The van der Waals surface area contributed by atoms with E-state index in [1.807, 2.05) is 52.0 Å². The molecule has 174 valence electrons. The Labute approximate surface area is 199 Å². The number of amides is 2. The summed E-state index contributed by atoms with van der Waals surface area (Å²) in [6.07, 6.45) is 0.505. The summed E-state index contributed by atoms with van der Waals surface area (Å²) < 4.78 is 14.1. The van der Waals surface area contributed by atoms with Crippen molar-refractivity contribution in [3.05, 3.63) is 70.0 Å². The maximum atomic E-state index is 14.1. The molecule has 4 nitrogen and oxygen atoms in total. The van der Waals surface area contributed by atoms with Crippen molar-refractivity contribution in [2.75, 3.05) is 12.3 Å². The molecule has 2 amide bonds. The van der Waals surface area contributed by atoms with Gasteiger partial charge in [-0.15, -0.1) is 11.8 Å². The number of hydrogen-bond acceptors (Lipinski definition) is 3. The van der Waals surface area contributed by atoms with E-state index in [-0.39, 0.29) is 29.1 Å². The molecule has 1 unspecified atom stereocenters. The molecule has 2 aromatic rings. The van der Waals surface area contributed by atoms with Crippen LogP contribution in [0.5, 0.6) is 0 Å². The minimum atomic E-state index is -0.571. The second-order valence-corrected chi connectivity index (χ2v) is 9.60. The van der Waals surface area contributed by atoms with Crippen LogP contribution in [0, 0.1) is 18.7 Å². The molecule has 2 aromatic carbocycles. The first-order valence-corrected chi connectivity index (χ1v) is 12.4. The van der Waals surface area contributed by atoms with Crippen LogP contribution < -0.4 is 5.32 Å². The van der Waals surface area contributed by atoms with E-state index in [4.69, 9.17) is 11.6 Å². The highest BCUT2D eigenvalue weighted by Crippen LogP contribution is 2.25. The summed E-state index contributed by atoms with van der Waals surface area (Å²) in [5.41, 5.74) is 2.45. The zero-order valence-electron chi connectivity index (χ0n) is 19.2. The van der Waals surface area contributed by atoms with E-state index in [1.54, 1.807) is 17.0 Å². The number of aryl methyl sites for hydroxylation is 1. The third-order valence-corrected chi connectivity index (χ3v) is 6.50. The van der Waals surface area contributed by atoms with E-state index in [9.17, 15) is 14.0 Å². The molecule has 7 heteroatoms. The number of carbonyl (C=O) groups excluding carboxylic acids is 2. The summed E-state index contributed by atoms with van der Waals surface area (Å²) in [7, 11) is 0. The first-order valence-electron chi connectivity index (χ1n) is 10.9. The second-order valence-electron chi connectivity index (χ2n) is 8.20. The molecule has 0 aromatic heterocycles. The van der Waals surface area contributed by atoms with Crippen molar-refractivity contribution in [1.29, 1.82) is 0 Å². The first-order chi connectivity index (χ1) is 15.2. The van der Waals surface area contributed by atoms with Gasteiger partial charge in [0.25, 0.3) is 0 Å². The maximum Gasteiger partial charge on any atom is 0.242 e. The molecule has 0 aliphatic rings. The van der Waals surface area contributed by atoms with E-state index in [1.165, 1.54) is 17.8 Å². The van der Waals surface area contributed by atoms with E-state index < -0.39 is 6.04 Å². The van der Waals surface area contributed by atoms with Gasteiger partial charge in [0, 0.05) is 29.4 Å². The minimum Gasteiger partial charge on any atom is -0.354 e. The van der Waals surface area contributed by atoms with Crippen LogP contribution in [0.3, 0.4) is 0 Å². The molecule has 1 atom stereocenters. The predicted octanol–water partition coefficient (Wildman–Crippen LogP) is 5.60.